The Labute approximate surface area is 198 Å². The lowest BCUT2D eigenvalue weighted by Crippen LogP contribution is -2.14. The van der Waals surface area contributed by atoms with Gasteiger partial charge in [0.15, 0.2) is 4.34 Å². The maximum absolute atomic E-state index is 12.3. The van der Waals surface area contributed by atoms with E-state index in [-0.39, 0.29) is 17.2 Å². The van der Waals surface area contributed by atoms with Crippen LogP contribution in [-0.4, -0.2) is 22.1 Å². The van der Waals surface area contributed by atoms with Crippen molar-refractivity contribution in [2.24, 2.45) is 0 Å². The molecule has 32 heavy (non-hydrogen) atoms. The van der Waals surface area contributed by atoms with Crippen LogP contribution in [0.1, 0.15) is 25.8 Å². The summed E-state index contributed by atoms with van der Waals surface area (Å²) in [6.45, 7) is 0. The highest BCUT2D eigenvalue weighted by atomic mass is 35.5. The van der Waals surface area contributed by atoms with Gasteiger partial charge in [-0.25, -0.2) is 4.79 Å². The molecule has 162 valence electrons. The molecule has 1 aromatic carbocycles. The number of nitrogens with zero attached hydrogens (tertiary/aromatic N) is 2. The Morgan fingerprint density at radius 3 is 2.72 bits per heavy atom. The number of nitrogens with one attached hydrogen (secondary N) is 1. The van der Waals surface area contributed by atoms with Gasteiger partial charge < -0.3 is 9.15 Å². The molecule has 12 heteroatoms. The number of carbonyl (C=O) groups excluding carboxylic acids is 2. The smallest absolute Gasteiger partial charge is 0.343 e. The molecule has 0 saturated heterocycles. The molecular weight excluding hydrogens is 494 g/mol. The molecule has 8 nitrogen and oxygen atoms in total. The molecule has 3 heterocycles. The number of ether oxygens (including phenoxy) is 1. The number of amides is 1. The second-order valence-electron chi connectivity index (χ2n) is 6.06. The number of rotatable bonds is 7. The molecule has 0 fully saturated rings. The number of halogens is 1. The van der Waals surface area contributed by atoms with Crippen LogP contribution < -0.4 is 15.5 Å². The van der Waals surface area contributed by atoms with E-state index in [2.05, 4.69) is 15.5 Å². The maximum Gasteiger partial charge on any atom is 0.343 e. The zero-order valence-electron chi connectivity index (χ0n) is 15.9. The van der Waals surface area contributed by atoms with E-state index in [1.165, 1.54) is 52.6 Å². The van der Waals surface area contributed by atoms with Crippen LogP contribution in [0.5, 0.6) is 5.75 Å². The Hall–Kier alpha value is -2.99. The van der Waals surface area contributed by atoms with Crippen molar-refractivity contribution in [3.8, 4) is 5.75 Å². The van der Waals surface area contributed by atoms with Gasteiger partial charge in [0.05, 0.1) is 16.2 Å². The van der Waals surface area contributed by atoms with Crippen molar-refractivity contribution >= 4 is 63.0 Å². The lowest BCUT2D eigenvalue weighted by molar-refractivity contribution is 0.0728. The Bertz CT molecular complexity index is 1300. The molecule has 0 aliphatic heterocycles. The van der Waals surface area contributed by atoms with Gasteiger partial charge in [-0.3, -0.25) is 14.9 Å². The molecule has 1 amide bonds. The predicted molar refractivity (Wildman–Crippen MR) is 123 cm³/mol. The highest BCUT2D eigenvalue weighted by molar-refractivity contribution is 8.00. The zero-order chi connectivity index (χ0) is 22.5. The van der Waals surface area contributed by atoms with E-state index in [1.807, 2.05) is 5.38 Å². The molecule has 4 aromatic rings. The summed E-state index contributed by atoms with van der Waals surface area (Å²) in [5.41, 5.74) is -0.234. The molecule has 0 aliphatic carbocycles. The van der Waals surface area contributed by atoms with Gasteiger partial charge in [0.1, 0.15) is 12.0 Å². The van der Waals surface area contributed by atoms with Gasteiger partial charge in [-0.2, -0.15) is 0 Å². The lowest BCUT2D eigenvalue weighted by Gasteiger charge is -2.04. The minimum Gasteiger partial charge on any atom is -0.464 e. The monoisotopic (exact) mass is 505 g/mol. The molecule has 0 bridgehead atoms. The quantitative estimate of drug-likeness (QED) is 0.213. The normalized spacial score (nSPS) is 10.7. The van der Waals surface area contributed by atoms with Crippen molar-refractivity contribution in [1.29, 1.82) is 0 Å². The number of hydrogen-bond donors (Lipinski definition) is 1. The fourth-order valence-electron chi connectivity index (χ4n) is 2.35. The number of thiophene rings is 1. The maximum atomic E-state index is 12.3. The summed E-state index contributed by atoms with van der Waals surface area (Å²) in [7, 11) is 0. The van der Waals surface area contributed by atoms with E-state index < -0.39 is 11.4 Å². The van der Waals surface area contributed by atoms with E-state index in [9.17, 15) is 14.4 Å². The van der Waals surface area contributed by atoms with Crippen LogP contribution in [-0.2, 0) is 5.75 Å². The van der Waals surface area contributed by atoms with Crippen LogP contribution in [0.4, 0.5) is 5.13 Å². The molecule has 0 unspecified atom stereocenters. The van der Waals surface area contributed by atoms with Gasteiger partial charge in [0, 0.05) is 11.1 Å². The molecule has 0 radical (unpaired) electrons. The van der Waals surface area contributed by atoms with Crippen LogP contribution in [0.15, 0.2) is 67.7 Å². The average molecular weight is 506 g/mol. The van der Waals surface area contributed by atoms with E-state index >= 15 is 0 Å². The fourth-order valence-corrected chi connectivity index (χ4v) is 4.73. The van der Waals surface area contributed by atoms with E-state index in [0.29, 0.717) is 30.9 Å². The third kappa shape index (κ3) is 5.62. The number of esters is 1. The van der Waals surface area contributed by atoms with Crippen LogP contribution in [0.2, 0.25) is 5.02 Å². The predicted octanol–water partition coefficient (Wildman–Crippen LogP) is 4.97. The third-order valence-electron chi connectivity index (χ3n) is 3.84. The lowest BCUT2D eigenvalue weighted by atomic mass is 10.2. The Kier molecular flexibility index (Phi) is 7.00. The molecule has 0 spiro atoms. The molecular formula is C20H12ClN3O5S3. The van der Waals surface area contributed by atoms with Gasteiger partial charge in [0.25, 0.3) is 5.91 Å². The fraction of sp³-hybridized carbons (Fsp3) is 0.0500. The van der Waals surface area contributed by atoms with Gasteiger partial charge in [-0.1, -0.05) is 40.8 Å². The highest BCUT2D eigenvalue weighted by Gasteiger charge is 2.14. The molecule has 1 N–H and O–H groups in total. The number of aromatic nitrogens is 2. The molecule has 3 aromatic heterocycles. The van der Waals surface area contributed by atoms with Crippen molar-refractivity contribution in [2.75, 3.05) is 5.32 Å². The standard InChI is InChI=1S/C20H12ClN3O5S3/c21-12-5-3-11(4-6-12)18(27)29-15-9-28-13(8-14(15)25)10-31-20-24-23-19(32-20)22-17(26)16-2-1-7-30-16/h1-9H,10H2,(H,22,23,26). The summed E-state index contributed by atoms with van der Waals surface area (Å²) < 4.78 is 11.1. The van der Waals surface area contributed by atoms with Gasteiger partial charge >= 0.3 is 5.97 Å². The van der Waals surface area contributed by atoms with Gasteiger partial charge in [0.2, 0.25) is 16.3 Å². The van der Waals surface area contributed by atoms with Crippen molar-refractivity contribution in [2.45, 2.75) is 10.1 Å². The SMILES string of the molecule is O=C(Oc1coc(CSc2nnc(NC(=O)c3cccs3)s2)cc1=O)c1ccc(Cl)cc1. The van der Waals surface area contributed by atoms with Crippen molar-refractivity contribution < 1.29 is 18.7 Å². The zero-order valence-corrected chi connectivity index (χ0v) is 19.1. The van der Waals surface area contributed by atoms with Crippen LogP contribution in [0.3, 0.4) is 0 Å². The summed E-state index contributed by atoms with van der Waals surface area (Å²) in [6, 6.07) is 10.8. The molecule has 0 saturated carbocycles. The topological polar surface area (TPSA) is 111 Å². The first-order valence-corrected chi connectivity index (χ1v) is 11.9. The summed E-state index contributed by atoms with van der Waals surface area (Å²) >= 11 is 9.62. The molecule has 0 aliphatic rings. The van der Waals surface area contributed by atoms with Crippen molar-refractivity contribution in [3.63, 3.8) is 0 Å². The van der Waals surface area contributed by atoms with E-state index in [1.54, 1.807) is 24.3 Å². The van der Waals surface area contributed by atoms with E-state index in [0.717, 1.165) is 6.26 Å². The molecule has 4 rings (SSSR count). The summed E-state index contributed by atoms with van der Waals surface area (Å²) in [5, 5.41) is 13.3. The second kappa shape index (κ2) is 10.1. The van der Waals surface area contributed by atoms with E-state index in [4.69, 9.17) is 20.8 Å². The first-order chi connectivity index (χ1) is 15.5. The number of carbonyl (C=O) groups is 2. The molecule has 0 atom stereocenters. The number of benzene rings is 1. The van der Waals surface area contributed by atoms with Crippen LogP contribution >= 0.6 is 46.0 Å². The minimum absolute atomic E-state index is 0.215. The third-order valence-corrected chi connectivity index (χ3v) is 6.96. The average Bonchev–Trinajstić information content (AvgIpc) is 3.47. The second-order valence-corrected chi connectivity index (χ2v) is 9.65. The number of thioether (sulfide) groups is 1. The first-order valence-electron chi connectivity index (χ1n) is 8.88. The van der Waals surface area contributed by atoms with Crippen LogP contribution in [0.25, 0.3) is 0 Å². The number of anilines is 1. The largest absolute Gasteiger partial charge is 0.464 e. The summed E-state index contributed by atoms with van der Waals surface area (Å²) in [5.74, 6) is -0.489. The van der Waals surface area contributed by atoms with Gasteiger partial charge in [-0.05, 0) is 35.7 Å². The van der Waals surface area contributed by atoms with Crippen LogP contribution in [0, 0.1) is 0 Å². The van der Waals surface area contributed by atoms with Gasteiger partial charge in [-0.15, -0.1) is 21.5 Å². The Morgan fingerprint density at radius 1 is 1.19 bits per heavy atom. The minimum atomic E-state index is -0.693. The highest BCUT2D eigenvalue weighted by Crippen LogP contribution is 2.28. The Morgan fingerprint density at radius 2 is 2.00 bits per heavy atom. The first kappa shape index (κ1) is 22.2. The summed E-state index contributed by atoms with van der Waals surface area (Å²) in [6.07, 6.45) is 1.10. The number of hydrogen-bond acceptors (Lipinski definition) is 10. The summed E-state index contributed by atoms with van der Waals surface area (Å²) in [4.78, 5) is 37.0. The van der Waals surface area contributed by atoms with Crippen molar-refractivity contribution in [1.82, 2.24) is 10.2 Å². The van der Waals surface area contributed by atoms with Crippen molar-refractivity contribution in [3.05, 3.63) is 85.6 Å². The Balaban J connectivity index is 1.33.